The Kier molecular flexibility index (Phi) is 8.24. The Bertz CT molecular complexity index is 1140. The minimum Gasteiger partial charge on any atom is -0.330 e. The van der Waals surface area contributed by atoms with Gasteiger partial charge in [0.1, 0.15) is 5.92 Å². The Morgan fingerprint density at radius 3 is 1.88 bits per heavy atom. The molecule has 34 heavy (non-hydrogen) atoms. The van der Waals surface area contributed by atoms with Crippen LogP contribution in [0.4, 0.5) is 5.69 Å². The van der Waals surface area contributed by atoms with Crippen LogP contribution >= 0.6 is 12.2 Å². The predicted molar refractivity (Wildman–Crippen MR) is 144 cm³/mol. The molecule has 0 aliphatic rings. The normalized spacial score (nSPS) is 11.6. The van der Waals surface area contributed by atoms with Crippen LogP contribution in [0.1, 0.15) is 59.5 Å². The Morgan fingerprint density at radius 1 is 0.882 bits per heavy atom. The van der Waals surface area contributed by atoms with Gasteiger partial charge in [-0.05, 0) is 35.2 Å². The summed E-state index contributed by atoms with van der Waals surface area (Å²) in [5, 5.41) is 3.47. The van der Waals surface area contributed by atoms with Gasteiger partial charge in [0.05, 0.1) is 0 Å². The monoisotopic (exact) mass is 470 g/mol. The van der Waals surface area contributed by atoms with E-state index in [1.807, 2.05) is 18.2 Å². The highest BCUT2D eigenvalue weighted by Crippen LogP contribution is 2.32. The first-order valence-electron chi connectivity index (χ1n) is 11.4. The first kappa shape index (κ1) is 25.2. The lowest BCUT2D eigenvalue weighted by atomic mass is 9.84. The number of anilines is 1. The van der Waals surface area contributed by atoms with E-state index in [2.05, 4.69) is 50.1 Å². The highest BCUT2D eigenvalue weighted by Gasteiger charge is 2.27. The van der Waals surface area contributed by atoms with E-state index >= 15 is 0 Å². The first-order valence-corrected chi connectivity index (χ1v) is 11.8. The zero-order chi connectivity index (χ0) is 24.7. The van der Waals surface area contributed by atoms with E-state index < -0.39 is 5.92 Å². The summed E-state index contributed by atoms with van der Waals surface area (Å²) < 4.78 is 0. The van der Waals surface area contributed by atoms with Crippen LogP contribution in [0.3, 0.4) is 0 Å². The van der Waals surface area contributed by atoms with Crippen molar-refractivity contribution in [3.05, 3.63) is 101 Å². The molecule has 0 bridgehead atoms. The lowest BCUT2D eigenvalue weighted by molar-refractivity contribution is 0.0856. The molecule has 5 heteroatoms. The van der Waals surface area contributed by atoms with Gasteiger partial charge < -0.3 is 5.32 Å². The van der Waals surface area contributed by atoms with Crippen LogP contribution in [-0.4, -0.2) is 22.9 Å². The topological polar surface area (TPSA) is 58.5 Å². The molecule has 0 amide bonds. The quantitative estimate of drug-likeness (QED) is 0.181. The Labute approximate surface area is 207 Å². The number of benzene rings is 3. The lowest BCUT2D eigenvalue weighted by Crippen LogP contribution is -2.27. The number of Topliss-reactive ketones (excluding diaryl/α,β-unsaturated/α-hetero) is 2. The standard InChI is InChI=1S/C29H30N2O2S/c1-5-20-17-12-18-24(29(2,3)4)25(20)31-28(34)30-19-23(26(32)21-13-8-6-9-14-21)27(33)22-15-10-7-11-16-22/h6-19,23H,5H2,1-4H3,(H,31,34). The second-order valence-electron chi connectivity index (χ2n) is 9.09. The van der Waals surface area contributed by atoms with Crippen molar-refractivity contribution in [3.8, 4) is 0 Å². The van der Waals surface area contributed by atoms with E-state index in [4.69, 9.17) is 12.2 Å². The van der Waals surface area contributed by atoms with Crippen LogP contribution in [0.5, 0.6) is 0 Å². The van der Waals surface area contributed by atoms with Gasteiger partial charge in [-0.3, -0.25) is 9.59 Å². The van der Waals surface area contributed by atoms with Gasteiger partial charge in [0, 0.05) is 23.0 Å². The number of rotatable bonds is 7. The molecule has 4 nitrogen and oxygen atoms in total. The molecule has 0 fully saturated rings. The fraction of sp³-hybridized carbons (Fsp3) is 0.241. The van der Waals surface area contributed by atoms with E-state index in [1.165, 1.54) is 6.21 Å². The van der Waals surface area contributed by atoms with Crippen molar-refractivity contribution in [3.63, 3.8) is 0 Å². The molecule has 1 N–H and O–H groups in total. The molecule has 0 radical (unpaired) electrons. The summed E-state index contributed by atoms with van der Waals surface area (Å²) in [6.45, 7) is 8.53. The summed E-state index contributed by atoms with van der Waals surface area (Å²) in [5.74, 6) is -1.70. The highest BCUT2D eigenvalue weighted by atomic mass is 32.1. The van der Waals surface area contributed by atoms with Gasteiger partial charge in [0.25, 0.3) is 0 Å². The second kappa shape index (κ2) is 11.1. The molecule has 0 atom stereocenters. The number of nitrogens with one attached hydrogen (secondary N) is 1. The summed E-state index contributed by atoms with van der Waals surface area (Å²) in [6.07, 6.45) is 2.20. The van der Waals surface area contributed by atoms with Crippen molar-refractivity contribution in [2.45, 2.75) is 39.5 Å². The van der Waals surface area contributed by atoms with Gasteiger partial charge in [-0.2, -0.15) is 0 Å². The molecule has 0 aliphatic heterocycles. The Hall–Kier alpha value is -3.44. The van der Waals surface area contributed by atoms with Crippen LogP contribution in [0.15, 0.2) is 83.9 Å². The van der Waals surface area contributed by atoms with Crippen molar-refractivity contribution in [1.82, 2.24) is 0 Å². The smallest absolute Gasteiger partial charge is 0.196 e. The summed E-state index contributed by atoms with van der Waals surface area (Å²) in [4.78, 5) is 30.8. The van der Waals surface area contributed by atoms with Gasteiger partial charge >= 0.3 is 0 Å². The first-order chi connectivity index (χ1) is 16.2. The van der Waals surface area contributed by atoms with Gasteiger partial charge in [-0.1, -0.05) is 107 Å². The molecule has 0 unspecified atom stereocenters. The lowest BCUT2D eigenvalue weighted by Gasteiger charge is -2.25. The highest BCUT2D eigenvalue weighted by molar-refractivity contribution is 7.80. The maximum atomic E-state index is 13.2. The number of hydrogen-bond donors (Lipinski definition) is 1. The fourth-order valence-electron chi connectivity index (χ4n) is 3.77. The van der Waals surface area contributed by atoms with Crippen molar-refractivity contribution in [1.29, 1.82) is 0 Å². The molecule has 174 valence electrons. The number of carbonyl (C=O) groups is 2. The predicted octanol–water partition coefficient (Wildman–Crippen LogP) is 6.70. The molecule has 0 aliphatic carbocycles. The van der Waals surface area contributed by atoms with Crippen LogP contribution in [-0.2, 0) is 11.8 Å². The van der Waals surface area contributed by atoms with Gasteiger partial charge in [0.15, 0.2) is 16.7 Å². The largest absolute Gasteiger partial charge is 0.330 e. The van der Waals surface area contributed by atoms with Crippen LogP contribution in [0.25, 0.3) is 0 Å². The summed E-state index contributed by atoms with van der Waals surface area (Å²) in [6, 6.07) is 23.7. The van der Waals surface area contributed by atoms with Gasteiger partial charge in [-0.25, -0.2) is 4.99 Å². The minimum atomic E-state index is -1.08. The third-order valence-corrected chi connectivity index (χ3v) is 5.80. The minimum absolute atomic E-state index is 0.0953. The van der Waals surface area contributed by atoms with Crippen LogP contribution in [0.2, 0.25) is 0 Å². The molecule has 0 saturated carbocycles. The van der Waals surface area contributed by atoms with Crippen molar-refractivity contribution < 1.29 is 9.59 Å². The molecule has 0 spiro atoms. The third kappa shape index (κ3) is 6.12. The molecule has 0 saturated heterocycles. The van der Waals surface area contributed by atoms with E-state index in [0.717, 1.165) is 23.2 Å². The number of aliphatic imine (C=N–C) groups is 1. The molecule has 3 rings (SSSR count). The number of thiocarbonyl (C=S) groups is 1. The molecule has 0 aromatic heterocycles. The van der Waals surface area contributed by atoms with Crippen molar-refractivity contribution >= 4 is 40.8 Å². The van der Waals surface area contributed by atoms with Gasteiger partial charge in [0.2, 0.25) is 0 Å². The summed E-state index contributed by atoms with van der Waals surface area (Å²) in [7, 11) is 0. The van der Waals surface area contributed by atoms with E-state index in [0.29, 0.717) is 11.1 Å². The van der Waals surface area contributed by atoms with Crippen molar-refractivity contribution in [2.75, 3.05) is 5.32 Å². The Morgan fingerprint density at radius 2 is 1.41 bits per heavy atom. The fourth-order valence-corrected chi connectivity index (χ4v) is 3.93. The number of aryl methyl sites for hydroxylation is 1. The maximum Gasteiger partial charge on any atom is 0.196 e. The zero-order valence-corrected chi connectivity index (χ0v) is 20.9. The molecule has 3 aromatic rings. The third-order valence-electron chi connectivity index (χ3n) is 5.59. The Balaban J connectivity index is 1.92. The van der Waals surface area contributed by atoms with E-state index in [9.17, 15) is 9.59 Å². The summed E-state index contributed by atoms with van der Waals surface area (Å²) in [5.41, 5.74) is 3.99. The van der Waals surface area contributed by atoms with E-state index in [1.54, 1.807) is 48.5 Å². The average Bonchev–Trinajstić information content (AvgIpc) is 2.84. The zero-order valence-electron chi connectivity index (χ0n) is 20.0. The number of carbonyl (C=O) groups excluding carboxylic acids is 2. The van der Waals surface area contributed by atoms with Crippen LogP contribution < -0.4 is 5.32 Å². The second-order valence-corrected chi connectivity index (χ2v) is 9.48. The number of ketones is 2. The number of hydrogen-bond acceptors (Lipinski definition) is 3. The average molecular weight is 471 g/mol. The molecular formula is C29H30N2O2S. The van der Waals surface area contributed by atoms with Crippen molar-refractivity contribution in [2.24, 2.45) is 10.9 Å². The molecule has 3 aromatic carbocycles. The SMILES string of the molecule is CCc1cccc(C(C)(C)C)c1NC(=S)N=CC(C(=O)c1ccccc1)C(=O)c1ccccc1. The van der Waals surface area contributed by atoms with Crippen LogP contribution in [0, 0.1) is 5.92 Å². The number of nitrogens with zero attached hydrogens (tertiary/aromatic N) is 1. The maximum absolute atomic E-state index is 13.2. The molecular weight excluding hydrogens is 440 g/mol. The summed E-state index contributed by atoms with van der Waals surface area (Å²) >= 11 is 5.52. The number of para-hydroxylation sites is 1. The van der Waals surface area contributed by atoms with Gasteiger partial charge in [-0.15, -0.1) is 0 Å². The van der Waals surface area contributed by atoms with E-state index in [-0.39, 0.29) is 22.1 Å². The molecule has 0 heterocycles.